The van der Waals surface area contributed by atoms with E-state index in [4.69, 9.17) is 23.2 Å². The molecular weight excluding hydrogens is 385 g/mol. The Morgan fingerprint density at radius 2 is 1.96 bits per heavy atom. The van der Waals surface area contributed by atoms with E-state index in [1.54, 1.807) is 24.4 Å². The van der Waals surface area contributed by atoms with E-state index in [-0.39, 0.29) is 0 Å². The highest BCUT2D eigenvalue weighted by atomic mass is 35.5. The van der Waals surface area contributed by atoms with Gasteiger partial charge in [-0.25, -0.2) is 4.98 Å². The second-order valence-electron chi connectivity index (χ2n) is 5.78. The molecule has 130 valence electrons. The molecule has 0 unspecified atom stereocenters. The van der Waals surface area contributed by atoms with Gasteiger partial charge in [-0.3, -0.25) is 0 Å². The van der Waals surface area contributed by atoms with Gasteiger partial charge in [-0.05, 0) is 49.2 Å². The molecule has 1 aromatic heterocycles. The summed E-state index contributed by atoms with van der Waals surface area (Å²) < 4.78 is 0. The summed E-state index contributed by atoms with van der Waals surface area (Å²) in [6, 6.07) is 13.6. The van der Waals surface area contributed by atoms with E-state index in [2.05, 4.69) is 42.4 Å². The van der Waals surface area contributed by atoms with Gasteiger partial charge in [0.05, 0.1) is 16.4 Å². The topological polar surface area (TPSA) is 48.7 Å². The average molecular weight is 400 g/mol. The minimum Gasteiger partial charge on any atom is -0.359 e. The number of hydrogen-bond acceptors (Lipinski definition) is 4. The molecule has 0 saturated carbocycles. The quantitative estimate of drug-likeness (QED) is 0.495. The molecule has 0 amide bonds. The van der Waals surface area contributed by atoms with Crippen LogP contribution in [-0.4, -0.2) is 4.98 Å². The maximum absolute atomic E-state index is 9.49. The van der Waals surface area contributed by atoms with E-state index in [9.17, 15) is 5.26 Å². The van der Waals surface area contributed by atoms with E-state index < -0.39 is 0 Å². The lowest BCUT2D eigenvalue weighted by atomic mass is 10.1. The van der Waals surface area contributed by atoms with Gasteiger partial charge >= 0.3 is 0 Å². The van der Waals surface area contributed by atoms with Gasteiger partial charge in [0, 0.05) is 22.2 Å². The van der Waals surface area contributed by atoms with Gasteiger partial charge in [-0.15, -0.1) is 11.3 Å². The van der Waals surface area contributed by atoms with Crippen LogP contribution >= 0.6 is 34.5 Å². The van der Waals surface area contributed by atoms with Crippen LogP contribution in [0.1, 0.15) is 16.1 Å². The molecule has 0 atom stereocenters. The van der Waals surface area contributed by atoms with Gasteiger partial charge in [-0.1, -0.05) is 35.3 Å². The minimum atomic E-state index is 0.441. The van der Waals surface area contributed by atoms with Gasteiger partial charge in [0.1, 0.15) is 16.6 Å². The zero-order valence-corrected chi connectivity index (χ0v) is 16.5. The van der Waals surface area contributed by atoms with Crippen molar-refractivity contribution in [1.82, 2.24) is 4.98 Å². The number of aryl methyl sites for hydroxylation is 2. The van der Waals surface area contributed by atoms with Crippen LogP contribution in [0.15, 0.2) is 48.0 Å². The maximum atomic E-state index is 9.49. The van der Waals surface area contributed by atoms with Crippen molar-refractivity contribution in [1.29, 1.82) is 5.26 Å². The highest BCUT2D eigenvalue weighted by Crippen LogP contribution is 2.29. The van der Waals surface area contributed by atoms with Crippen molar-refractivity contribution in [3.05, 3.63) is 74.2 Å². The van der Waals surface area contributed by atoms with Gasteiger partial charge in [0.25, 0.3) is 0 Å². The number of rotatable bonds is 4. The number of hydrogen-bond donors (Lipinski definition) is 1. The van der Waals surface area contributed by atoms with Crippen molar-refractivity contribution in [2.45, 2.75) is 13.8 Å². The smallest absolute Gasteiger partial charge is 0.136 e. The van der Waals surface area contributed by atoms with Crippen LogP contribution in [0, 0.1) is 25.2 Å². The average Bonchev–Trinajstić information content (AvgIpc) is 3.09. The molecule has 0 spiro atoms. The van der Waals surface area contributed by atoms with Crippen molar-refractivity contribution >= 4 is 45.8 Å². The highest BCUT2D eigenvalue weighted by Gasteiger charge is 2.10. The summed E-state index contributed by atoms with van der Waals surface area (Å²) in [6.07, 6.45) is 1.61. The molecule has 3 nitrogen and oxygen atoms in total. The van der Waals surface area contributed by atoms with Crippen LogP contribution in [0.4, 0.5) is 5.69 Å². The first-order valence-corrected chi connectivity index (χ1v) is 9.47. The maximum Gasteiger partial charge on any atom is 0.136 e. The molecule has 6 heteroatoms. The number of aromatic nitrogens is 1. The van der Waals surface area contributed by atoms with Crippen LogP contribution in [0.5, 0.6) is 0 Å². The Labute approximate surface area is 166 Å². The van der Waals surface area contributed by atoms with E-state index in [1.807, 2.05) is 11.4 Å². The summed E-state index contributed by atoms with van der Waals surface area (Å²) in [4.78, 5) is 4.60. The predicted molar refractivity (Wildman–Crippen MR) is 111 cm³/mol. The van der Waals surface area contributed by atoms with Crippen LogP contribution in [0.2, 0.25) is 10.0 Å². The number of nitrogens with one attached hydrogen (secondary N) is 1. The van der Waals surface area contributed by atoms with E-state index in [1.165, 1.54) is 22.5 Å². The number of halogens is 2. The Morgan fingerprint density at radius 1 is 1.15 bits per heavy atom. The molecule has 2 aromatic carbocycles. The summed E-state index contributed by atoms with van der Waals surface area (Å²) in [5.74, 6) is 0. The van der Waals surface area contributed by atoms with Crippen molar-refractivity contribution in [3.63, 3.8) is 0 Å². The largest absolute Gasteiger partial charge is 0.359 e. The zero-order chi connectivity index (χ0) is 18.7. The number of nitrogens with zero attached hydrogens (tertiary/aromatic N) is 2. The van der Waals surface area contributed by atoms with Gasteiger partial charge in [-0.2, -0.15) is 5.26 Å². The standard InChI is InChI=1S/C20H15Cl2N3S/c1-12-3-4-14(7-13(12)2)19-11-26-20(25-19)15(9-23)10-24-18-6-5-16(21)8-17(18)22/h3-8,10-11,24H,1-2H3/b15-10-. The third-order valence-corrected chi connectivity index (χ3v) is 5.38. The van der Waals surface area contributed by atoms with E-state index in [0.717, 1.165) is 11.3 Å². The SMILES string of the molecule is Cc1ccc(-c2csc(/C(C#N)=C\Nc3ccc(Cl)cc3Cl)n2)cc1C. The molecule has 0 aliphatic rings. The second-order valence-corrected chi connectivity index (χ2v) is 7.48. The first-order valence-electron chi connectivity index (χ1n) is 7.83. The monoisotopic (exact) mass is 399 g/mol. The lowest BCUT2D eigenvalue weighted by Gasteiger charge is -2.04. The fourth-order valence-corrected chi connectivity index (χ4v) is 3.59. The summed E-state index contributed by atoms with van der Waals surface area (Å²) in [5, 5.41) is 16.2. The van der Waals surface area contributed by atoms with Gasteiger partial charge in [0.15, 0.2) is 0 Å². The third-order valence-electron chi connectivity index (χ3n) is 3.96. The summed E-state index contributed by atoms with van der Waals surface area (Å²) in [6.45, 7) is 4.15. The molecule has 3 aromatic rings. The van der Waals surface area contributed by atoms with Crippen molar-refractivity contribution in [3.8, 4) is 17.3 Å². The molecule has 0 fully saturated rings. The lowest BCUT2D eigenvalue weighted by molar-refractivity contribution is 1.31. The third kappa shape index (κ3) is 4.08. The highest BCUT2D eigenvalue weighted by molar-refractivity contribution is 7.11. The van der Waals surface area contributed by atoms with E-state index in [0.29, 0.717) is 26.3 Å². The molecule has 1 N–H and O–H groups in total. The molecule has 3 rings (SSSR count). The number of benzene rings is 2. The molecule has 0 aliphatic heterocycles. The molecule has 0 saturated heterocycles. The number of nitriles is 1. The molecule has 0 bridgehead atoms. The van der Waals surface area contributed by atoms with Gasteiger partial charge < -0.3 is 5.32 Å². The Balaban J connectivity index is 1.86. The molecule has 1 heterocycles. The number of thiazole rings is 1. The number of allylic oxidation sites excluding steroid dienone is 1. The van der Waals surface area contributed by atoms with E-state index >= 15 is 0 Å². The minimum absolute atomic E-state index is 0.441. The fourth-order valence-electron chi connectivity index (χ4n) is 2.33. The summed E-state index contributed by atoms with van der Waals surface area (Å²) >= 11 is 13.5. The molecule has 26 heavy (non-hydrogen) atoms. The Morgan fingerprint density at radius 3 is 2.65 bits per heavy atom. The first-order chi connectivity index (χ1) is 12.5. The lowest BCUT2D eigenvalue weighted by Crippen LogP contribution is -1.92. The van der Waals surface area contributed by atoms with Crippen molar-refractivity contribution in [2.75, 3.05) is 5.32 Å². The second kappa shape index (κ2) is 7.92. The van der Waals surface area contributed by atoms with Crippen LogP contribution < -0.4 is 5.32 Å². The summed E-state index contributed by atoms with van der Waals surface area (Å²) in [5.41, 5.74) is 5.48. The van der Waals surface area contributed by atoms with Crippen LogP contribution in [0.3, 0.4) is 0 Å². The Bertz CT molecular complexity index is 1030. The zero-order valence-electron chi connectivity index (χ0n) is 14.2. The normalized spacial score (nSPS) is 11.3. The first kappa shape index (κ1) is 18.5. The van der Waals surface area contributed by atoms with Crippen LogP contribution in [0.25, 0.3) is 16.8 Å². The van der Waals surface area contributed by atoms with Crippen molar-refractivity contribution in [2.24, 2.45) is 0 Å². The predicted octanol–water partition coefficient (Wildman–Crippen LogP) is 6.71. The molecule has 0 aliphatic carbocycles. The fraction of sp³-hybridized carbons (Fsp3) is 0.100. The Kier molecular flexibility index (Phi) is 5.63. The molecular formula is C20H15Cl2N3S. The number of anilines is 1. The van der Waals surface area contributed by atoms with Crippen LogP contribution in [-0.2, 0) is 0 Å². The van der Waals surface area contributed by atoms with Gasteiger partial charge in [0.2, 0.25) is 0 Å². The summed E-state index contributed by atoms with van der Waals surface area (Å²) in [7, 11) is 0. The molecule has 0 radical (unpaired) electrons. The Hall–Kier alpha value is -2.32. The van der Waals surface area contributed by atoms with Crippen molar-refractivity contribution < 1.29 is 0 Å².